The van der Waals surface area contributed by atoms with Crippen LogP contribution >= 0.6 is 11.6 Å². The number of rotatable bonds is 7. The molecule has 0 aliphatic carbocycles. The molecule has 0 radical (unpaired) electrons. The number of halogens is 1. The van der Waals surface area contributed by atoms with Gasteiger partial charge in [0.1, 0.15) is 0 Å². The van der Waals surface area contributed by atoms with Crippen molar-refractivity contribution in [3.05, 3.63) is 38.9 Å². The second kappa shape index (κ2) is 8.33. The topological polar surface area (TPSA) is 98.5 Å². The molecule has 1 N–H and O–H groups in total. The van der Waals surface area contributed by atoms with E-state index in [1.807, 2.05) is 13.8 Å². The van der Waals surface area contributed by atoms with Crippen molar-refractivity contribution in [3.63, 3.8) is 0 Å². The number of non-ortho nitro benzene ring substituents is 1. The second-order valence-corrected chi connectivity index (χ2v) is 5.44. The van der Waals surface area contributed by atoms with Crippen LogP contribution in [0.15, 0.2) is 18.2 Å². The zero-order valence-corrected chi connectivity index (χ0v) is 13.1. The first kappa shape index (κ1) is 17.9. The average Bonchev–Trinajstić information content (AvgIpc) is 2.44. The second-order valence-electron chi connectivity index (χ2n) is 5.03. The molecule has 1 aromatic carbocycles. The number of carbonyl (C=O) groups is 2. The van der Waals surface area contributed by atoms with E-state index in [2.05, 4.69) is 5.32 Å². The molecular formula is C14H17ClN2O5. The monoisotopic (exact) mass is 328 g/mol. The fourth-order valence-electron chi connectivity index (χ4n) is 1.54. The van der Waals surface area contributed by atoms with Gasteiger partial charge in [0.05, 0.1) is 15.5 Å². The summed E-state index contributed by atoms with van der Waals surface area (Å²) < 4.78 is 4.82. The standard InChI is InChI=1S/C14H17ClN2O5/c1-9(2)5-6-16-13(18)8-22-14(19)11-4-3-10(17(20)21)7-12(11)15/h3-4,7,9H,5-6,8H2,1-2H3,(H,16,18). The van der Waals surface area contributed by atoms with Crippen LogP contribution < -0.4 is 5.32 Å². The van der Waals surface area contributed by atoms with Gasteiger partial charge in [-0.25, -0.2) is 4.79 Å². The third-order valence-electron chi connectivity index (χ3n) is 2.76. The van der Waals surface area contributed by atoms with Gasteiger partial charge in [-0.2, -0.15) is 0 Å². The number of hydrogen-bond donors (Lipinski definition) is 1. The largest absolute Gasteiger partial charge is 0.452 e. The number of nitrogens with one attached hydrogen (secondary N) is 1. The van der Waals surface area contributed by atoms with E-state index in [0.717, 1.165) is 18.6 Å². The van der Waals surface area contributed by atoms with E-state index in [0.29, 0.717) is 12.5 Å². The Hall–Kier alpha value is -2.15. The first-order valence-electron chi connectivity index (χ1n) is 6.69. The highest BCUT2D eigenvalue weighted by Crippen LogP contribution is 2.23. The molecule has 0 bridgehead atoms. The molecule has 1 aromatic rings. The number of nitro groups is 1. The number of ether oxygens (including phenoxy) is 1. The Kier molecular flexibility index (Phi) is 6.78. The Bertz CT molecular complexity index is 574. The van der Waals surface area contributed by atoms with E-state index in [4.69, 9.17) is 16.3 Å². The molecule has 8 heteroatoms. The fourth-order valence-corrected chi connectivity index (χ4v) is 1.80. The van der Waals surface area contributed by atoms with Crippen LogP contribution in [0.3, 0.4) is 0 Å². The summed E-state index contributed by atoms with van der Waals surface area (Å²) in [6, 6.07) is 3.39. The van der Waals surface area contributed by atoms with Gasteiger partial charge in [-0.1, -0.05) is 25.4 Å². The Morgan fingerprint density at radius 1 is 1.41 bits per heavy atom. The van der Waals surface area contributed by atoms with Crippen LogP contribution in [0.4, 0.5) is 5.69 Å². The summed E-state index contributed by atoms with van der Waals surface area (Å²) in [4.78, 5) is 33.2. The highest BCUT2D eigenvalue weighted by Gasteiger charge is 2.17. The van der Waals surface area contributed by atoms with E-state index in [9.17, 15) is 19.7 Å². The van der Waals surface area contributed by atoms with Gasteiger partial charge in [0, 0.05) is 18.7 Å². The molecule has 0 atom stereocenters. The minimum absolute atomic E-state index is 0.0257. The van der Waals surface area contributed by atoms with Crippen LogP contribution in [0, 0.1) is 16.0 Å². The molecule has 1 rings (SSSR count). The van der Waals surface area contributed by atoms with Crippen LogP contribution in [-0.4, -0.2) is 30.0 Å². The molecule has 0 heterocycles. The Labute approximate surface area is 132 Å². The van der Waals surface area contributed by atoms with Gasteiger partial charge in [0.15, 0.2) is 6.61 Å². The molecule has 1 amide bonds. The molecule has 0 saturated heterocycles. The number of nitro benzene ring substituents is 1. The van der Waals surface area contributed by atoms with Gasteiger partial charge in [-0.15, -0.1) is 0 Å². The van der Waals surface area contributed by atoms with Crippen molar-refractivity contribution in [2.24, 2.45) is 5.92 Å². The quantitative estimate of drug-likeness (QED) is 0.471. The van der Waals surface area contributed by atoms with Gasteiger partial charge in [-0.3, -0.25) is 14.9 Å². The Morgan fingerprint density at radius 2 is 2.09 bits per heavy atom. The number of esters is 1. The van der Waals surface area contributed by atoms with Gasteiger partial charge in [-0.05, 0) is 18.4 Å². The van der Waals surface area contributed by atoms with Crippen molar-refractivity contribution in [3.8, 4) is 0 Å². The lowest BCUT2D eigenvalue weighted by Gasteiger charge is -2.08. The molecule has 120 valence electrons. The fraction of sp³-hybridized carbons (Fsp3) is 0.429. The maximum atomic E-state index is 11.8. The molecule has 0 aromatic heterocycles. The van der Waals surface area contributed by atoms with Crippen LogP contribution in [0.5, 0.6) is 0 Å². The maximum Gasteiger partial charge on any atom is 0.340 e. The van der Waals surface area contributed by atoms with Crippen molar-refractivity contribution >= 4 is 29.2 Å². The van der Waals surface area contributed by atoms with Gasteiger partial charge in [0.25, 0.3) is 11.6 Å². The Morgan fingerprint density at radius 3 is 2.64 bits per heavy atom. The van der Waals surface area contributed by atoms with Crippen molar-refractivity contribution in [1.82, 2.24) is 5.32 Å². The van der Waals surface area contributed by atoms with Crippen molar-refractivity contribution in [1.29, 1.82) is 0 Å². The normalized spacial score (nSPS) is 10.4. The first-order valence-corrected chi connectivity index (χ1v) is 7.06. The minimum atomic E-state index is -0.807. The summed E-state index contributed by atoms with van der Waals surface area (Å²) in [5, 5.41) is 13.1. The van der Waals surface area contributed by atoms with Gasteiger partial charge < -0.3 is 10.1 Å². The molecule has 0 spiro atoms. The molecule has 0 saturated carbocycles. The molecule has 22 heavy (non-hydrogen) atoms. The summed E-state index contributed by atoms with van der Waals surface area (Å²) in [6.45, 7) is 4.14. The zero-order valence-electron chi connectivity index (χ0n) is 12.3. The van der Waals surface area contributed by atoms with Crippen molar-refractivity contribution < 1.29 is 19.2 Å². The number of amides is 1. The summed E-state index contributed by atoms with van der Waals surface area (Å²) >= 11 is 5.80. The van der Waals surface area contributed by atoms with E-state index in [-0.39, 0.29) is 16.3 Å². The Balaban J connectivity index is 2.52. The van der Waals surface area contributed by atoms with Crippen LogP contribution in [0.2, 0.25) is 5.02 Å². The van der Waals surface area contributed by atoms with E-state index < -0.39 is 23.4 Å². The van der Waals surface area contributed by atoms with Crippen molar-refractivity contribution in [2.75, 3.05) is 13.2 Å². The summed E-state index contributed by atoms with van der Waals surface area (Å²) in [7, 11) is 0. The molecule has 0 fully saturated rings. The third-order valence-corrected chi connectivity index (χ3v) is 3.07. The number of carbonyl (C=O) groups excluding carboxylic acids is 2. The predicted octanol–water partition coefficient (Wildman–Crippen LogP) is 2.57. The summed E-state index contributed by atoms with van der Waals surface area (Å²) in [6.07, 6.45) is 0.827. The lowest BCUT2D eigenvalue weighted by Crippen LogP contribution is -2.30. The van der Waals surface area contributed by atoms with Crippen LogP contribution in [-0.2, 0) is 9.53 Å². The van der Waals surface area contributed by atoms with Crippen LogP contribution in [0.25, 0.3) is 0 Å². The number of hydrogen-bond acceptors (Lipinski definition) is 5. The highest BCUT2D eigenvalue weighted by atomic mass is 35.5. The first-order chi connectivity index (χ1) is 10.3. The summed E-state index contributed by atoms with van der Waals surface area (Å²) in [5.74, 6) is -0.757. The van der Waals surface area contributed by atoms with E-state index in [1.165, 1.54) is 6.07 Å². The predicted molar refractivity (Wildman–Crippen MR) is 80.9 cm³/mol. The molecule has 0 unspecified atom stereocenters. The summed E-state index contributed by atoms with van der Waals surface area (Å²) in [5.41, 5.74) is -0.254. The SMILES string of the molecule is CC(C)CCNC(=O)COC(=O)c1ccc([N+](=O)[O-])cc1Cl. The van der Waals surface area contributed by atoms with Gasteiger partial charge >= 0.3 is 5.97 Å². The van der Waals surface area contributed by atoms with Crippen molar-refractivity contribution in [2.45, 2.75) is 20.3 Å². The van der Waals surface area contributed by atoms with Crippen LogP contribution in [0.1, 0.15) is 30.6 Å². The molecule has 0 aliphatic heterocycles. The highest BCUT2D eigenvalue weighted by molar-refractivity contribution is 6.33. The van der Waals surface area contributed by atoms with E-state index >= 15 is 0 Å². The lowest BCUT2D eigenvalue weighted by molar-refractivity contribution is -0.384. The average molecular weight is 329 g/mol. The smallest absolute Gasteiger partial charge is 0.340 e. The molecule has 7 nitrogen and oxygen atoms in total. The molecular weight excluding hydrogens is 312 g/mol. The van der Waals surface area contributed by atoms with E-state index in [1.54, 1.807) is 0 Å². The minimum Gasteiger partial charge on any atom is -0.452 e. The van der Waals surface area contributed by atoms with Gasteiger partial charge in [0.2, 0.25) is 0 Å². The molecule has 0 aliphatic rings. The number of nitrogens with zero attached hydrogens (tertiary/aromatic N) is 1. The third kappa shape index (κ3) is 5.69. The zero-order chi connectivity index (χ0) is 16.7. The number of benzene rings is 1. The lowest BCUT2D eigenvalue weighted by atomic mass is 10.1. The maximum absolute atomic E-state index is 11.8.